The minimum absolute atomic E-state index is 0.139. The molecule has 1 atom stereocenters. The van der Waals surface area contributed by atoms with Crippen molar-refractivity contribution in [2.24, 2.45) is 5.92 Å². The Kier molecular flexibility index (Phi) is 7.49. The van der Waals surface area contributed by atoms with Gasteiger partial charge < -0.3 is 4.90 Å². The van der Waals surface area contributed by atoms with Crippen LogP contribution >= 0.6 is 11.6 Å². The predicted octanol–water partition coefficient (Wildman–Crippen LogP) is 6.31. The molecule has 0 bridgehead atoms. The molecule has 1 unspecified atom stereocenters. The van der Waals surface area contributed by atoms with Gasteiger partial charge in [0, 0.05) is 18.0 Å². The zero-order valence-electron chi connectivity index (χ0n) is 19.5. The molecule has 1 fully saturated rings. The highest BCUT2D eigenvalue weighted by Crippen LogP contribution is 2.30. The van der Waals surface area contributed by atoms with E-state index in [1.165, 1.54) is 25.7 Å². The largest absolute Gasteiger partial charge is 0.333 e. The third-order valence-corrected chi connectivity index (χ3v) is 7.01. The van der Waals surface area contributed by atoms with E-state index < -0.39 is 0 Å². The molecule has 3 aromatic rings. The first-order chi connectivity index (χ1) is 16.0. The average Bonchev–Trinajstić information content (AvgIpc) is 3.35. The first kappa shape index (κ1) is 23.5. The van der Waals surface area contributed by atoms with Gasteiger partial charge in [0.05, 0.1) is 22.6 Å². The molecule has 1 aliphatic rings. The number of benzene rings is 2. The molecule has 1 heterocycles. The van der Waals surface area contributed by atoms with Crippen LogP contribution in [0.3, 0.4) is 0 Å². The van der Waals surface area contributed by atoms with Gasteiger partial charge in [-0.05, 0) is 62.1 Å². The Morgan fingerprint density at radius 1 is 1.15 bits per heavy atom. The van der Waals surface area contributed by atoms with E-state index in [4.69, 9.17) is 16.6 Å². The number of rotatable bonds is 8. The van der Waals surface area contributed by atoms with E-state index in [9.17, 15) is 9.59 Å². The topological polar surface area (TPSA) is 55.2 Å². The highest BCUT2D eigenvalue weighted by molar-refractivity contribution is 6.30. The molecule has 0 radical (unpaired) electrons. The van der Waals surface area contributed by atoms with E-state index in [0.29, 0.717) is 46.3 Å². The standard InChI is InChI=1S/C27H32ClN3O2/c1-3-18-30(25(32)17-12-20-8-4-5-9-20)19(2)26-29-24-11-7-6-10-23(24)27(33)31(26)22-15-13-21(28)14-16-22/h6-7,10-11,13-16,19-20H,3-5,8-9,12,17-18H2,1-2H3. The molecule has 0 N–H and O–H groups in total. The van der Waals surface area contributed by atoms with Crippen LogP contribution in [0.5, 0.6) is 0 Å². The molecule has 6 heteroatoms. The SMILES string of the molecule is CCCN(C(=O)CCC1CCCC1)C(C)c1nc2ccccc2c(=O)n1-c1ccc(Cl)cc1. The number of halogens is 1. The molecule has 174 valence electrons. The van der Waals surface area contributed by atoms with Crippen LogP contribution in [0.25, 0.3) is 16.6 Å². The van der Waals surface area contributed by atoms with Crippen molar-refractivity contribution in [2.75, 3.05) is 6.54 Å². The van der Waals surface area contributed by atoms with Crippen molar-refractivity contribution in [2.45, 2.75) is 64.8 Å². The maximum atomic E-state index is 13.6. The van der Waals surface area contributed by atoms with Crippen LogP contribution in [0.2, 0.25) is 5.02 Å². The Labute approximate surface area is 200 Å². The minimum Gasteiger partial charge on any atom is -0.333 e. The number of para-hydroxylation sites is 1. The summed E-state index contributed by atoms with van der Waals surface area (Å²) in [6, 6.07) is 14.2. The second kappa shape index (κ2) is 10.5. The summed E-state index contributed by atoms with van der Waals surface area (Å²) in [5, 5.41) is 1.16. The Morgan fingerprint density at radius 3 is 2.55 bits per heavy atom. The Balaban J connectivity index is 1.75. The summed E-state index contributed by atoms with van der Waals surface area (Å²) in [5.74, 6) is 1.38. The van der Waals surface area contributed by atoms with Crippen molar-refractivity contribution in [3.05, 3.63) is 69.7 Å². The van der Waals surface area contributed by atoms with Gasteiger partial charge in [0.25, 0.3) is 5.56 Å². The number of carbonyl (C=O) groups excluding carboxylic acids is 1. The number of amides is 1. The normalized spacial score (nSPS) is 15.1. The molecule has 0 saturated heterocycles. The summed E-state index contributed by atoms with van der Waals surface area (Å²) in [4.78, 5) is 33.7. The van der Waals surface area contributed by atoms with Gasteiger partial charge in [-0.3, -0.25) is 14.2 Å². The van der Waals surface area contributed by atoms with Gasteiger partial charge in [0.15, 0.2) is 0 Å². The summed E-state index contributed by atoms with van der Waals surface area (Å²) in [7, 11) is 0. The summed E-state index contributed by atoms with van der Waals surface area (Å²) in [6.45, 7) is 4.68. The second-order valence-corrected chi connectivity index (χ2v) is 9.49. The van der Waals surface area contributed by atoms with E-state index in [1.807, 2.05) is 42.2 Å². The fraction of sp³-hybridized carbons (Fsp3) is 0.444. The van der Waals surface area contributed by atoms with E-state index in [0.717, 1.165) is 12.8 Å². The second-order valence-electron chi connectivity index (χ2n) is 9.06. The zero-order valence-corrected chi connectivity index (χ0v) is 20.2. The molecule has 1 saturated carbocycles. The lowest BCUT2D eigenvalue weighted by Crippen LogP contribution is -2.38. The lowest BCUT2D eigenvalue weighted by atomic mass is 10.0. The number of nitrogens with zero attached hydrogens (tertiary/aromatic N) is 3. The van der Waals surface area contributed by atoms with Crippen LogP contribution < -0.4 is 5.56 Å². The molecular formula is C27H32ClN3O2. The Bertz CT molecular complexity index is 1170. The van der Waals surface area contributed by atoms with Crippen molar-refractivity contribution >= 4 is 28.4 Å². The maximum Gasteiger partial charge on any atom is 0.266 e. The summed E-state index contributed by atoms with van der Waals surface area (Å²) >= 11 is 6.10. The van der Waals surface area contributed by atoms with Crippen molar-refractivity contribution in [3.63, 3.8) is 0 Å². The number of aromatic nitrogens is 2. The van der Waals surface area contributed by atoms with Crippen molar-refractivity contribution < 1.29 is 4.79 Å². The van der Waals surface area contributed by atoms with E-state index >= 15 is 0 Å². The van der Waals surface area contributed by atoms with Crippen LogP contribution in [0.15, 0.2) is 53.3 Å². The lowest BCUT2D eigenvalue weighted by Gasteiger charge is -2.31. The van der Waals surface area contributed by atoms with E-state index in [1.54, 1.807) is 22.8 Å². The summed E-state index contributed by atoms with van der Waals surface area (Å²) in [5.41, 5.74) is 1.20. The zero-order chi connectivity index (χ0) is 23.4. The molecule has 1 amide bonds. The smallest absolute Gasteiger partial charge is 0.266 e. The number of fused-ring (bicyclic) bond motifs is 1. The monoisotopic (exact) mass is 465 g/mol. The van der Waals surface area contributed by atoms with Gasteiger partial charge in [-0.2, -0.15) is 0 Å². The fourth-order valence-electron chi connectivity index (χ4n) is 4.95. The highest BCUT2D eigenvalue weighted by atomic mass is 35.5. The first-order valence-corrected chi connectivity index (χ1v) is 12.4. The van der Waals surface area contributed by atoms with E-state index in [2.05, 4.69) is 6.92 Å². The molecule has 1 aromatic heterocycles. The van der Waals surface area contributed by atoms with Gasteiger partial charge in [0.2, 0.25) is 5.91 Å². The first-order valence-electron chi connectivity index (χ1n) is 12.1. The minimum atomic E-state index is -0.339. The van der Waals surface area contributed by atoms with Crippen molar-refractivity contribution in [1.29, 1.82) is 0 Å². The lowest BCUT2D eigenvalue weighted by molar-refractivity contribution is -0.134. The van der Waals surface area contributed by atoms with Gasteiger partial charge in [-0.15, -0.1) is 0 Å². The van der Waals surface area contributed by atoms with Crippen LogP contribution in [0.4, 0.5) is 0 Å². The van der Waals surface area contributed by atoms with Crippen LogP contribution in [-0.4, -0.2) is 26.9 Å². The molecule has 33 heavy (non-hydrogen) atoms. The number of carbonyl (C=O) groups is 1. The number of hydrogen-bond donors (Lipinski definition) is 0. The third kappa shape index (κ3) is 5.14. The van der Waals surface area contributed by atoms with Crippen LogP contribution in [0, 0.1) is 5.92 Å². The average molecular weight is 466 g/mol. The van der Waals surface area contributed by atoms with E-state index in [-0.39, 0.29) is 17.5 Å². The molecule has 5 nitrogen and oxygen atoms in total. The van der Waals surface area contributed by atoms with Crippen LogP contribution in [0.1, 0.15) is 70.7 Å². The molecular weight excluding hydrogens is 434 g/mol. The van der Waals surface area contributed by atoms with Gasteiger partial charge in [-0.1, -0.05) is 56.3 Å². The third-order valence-electron chi connectivity index (χ3n) is 6.75. The molecule has 0 aliphatic heterocycles. The Hall–Kier alpha value is -2.66. The van der Waals surface area contributed by atoms with Gasteiger partial charge in [0.1, 0.15) is 5.82 Å². The number of hydrogen-bond acceptors (Lipinski definition) is 3. The Morgan fingerprint density at radius 2 is 1.85 bits per heavy atom. The summed E-state index contributed by atoms with van der Waals surface area (Å²) in [6.07, 6.45) is 7.37. The molecule has 2 aromatic carbocycles. The summed E-state index contributed by atoms with van der Waals surface area (Å²) < 4.78 is 1.64. The van der Waals surface area contributed by atoms with Gasteiger partial charge in [-0.25, -0.2) is 4.98 Å². The maximum absolute atomic E-state index is 13.6. The van der Waals surface area contributed by atoms with Crippen molar-refractivity contribution in [1.82, 2.24) is 14.5 Å². The fourth-order valence-corrected chi connectivity index (χ4v) is 5.08. The highest BCUT2D eigenvalue weighted by Gasteiger charge is 2.27. The van der Waals surface area contributed by atoms with Gasteiger partial charge >= 0.3 is 0 Å². The van der Waals surface area contributed by atoms with Crippen LogP contribution in [-0.2, 0) is 4.79 Å². The predicted molar refractivity (Wildman–Crippen MR) is 134 cm³/mol. The molecule has 4 rings (SSSR count). The quantitative estimate of drug-likeness (QED) is 0.391. The molecule has 1 aliphatic carbocycles. The molecule has 0 spiro atoms. The van der Waals surface area contributed by atoms with Crippen molar-refractivity contribution in [3.8, 4) is 5.69 Å².